The number of carbonyl (C=O) groups excluding carboxylic acids is 2. The van der Waals surface area contributed by atoms with Gasteiger partial charge in [-0.25, -0.2) is 0 Å². The van der Waals surface area contributed by atoms with Crippen LogP contribution in [0.25, 0.3) is 5.76 Å². The van der Waals surface area contributed by atoms with Crippen molar-refractivity contribution in [2.24, 2.45) is 0 Å². The van der Waals surface area contributed by atoms with Crippen LogP contribution in [0.5, 0.6) is 5.75 Å². The average molecular weight is 554 g/mol. The summed E-state index contributed by atoms with van der Waals surface area (Å²) in [6, 6.07) is 20.4. The summed E-state index contributed by atoms with van der Waals surface area (Å²) in [4.78, 5) is 28.9. The van der Waals surface area contributed by atoms with E-state index < -0.39 is 17.7 Å². The monoisotopic (exact) mass is 553 g/mol. The average Bonchev–Trinajstić information content (AvgIpc) is 3.17. The molecule has 3 aromatic rings. The van der Waals surface area contributed by atoms with Crippen LogP contribution in [-0.2, 0) is 20.4 Å². The molecule has 0 bridgehead atoms. The molecule has 0 radical (unpaired) electrons. The van der Waals surface area contributed by atoms with Crippen LogP contribution in [-0.4, -0.2) is 23.4 Å². The Morgan fingerprint density at radius 3 is 1.88 bits per heavy atom. The van der Waals surface area contributed by atoms with Gasteiger partial charge in [-0.3, -0.25) is 14.5 Å². The first-order chi connectivity index (χ1) is 19.1. The third-order valence-corrected chi connectivity index (χ3v) is 7.75. The molecule has 5 nitrogen and oxygen atoms in total. The molecule has 1 aliphatic rings. The summed E-state index contributed by atoms with van der Waals surface area (Å²) in [5.41, 5.74) is 5.00. The number of amides is 1. The number of hydrogen-bond donors (Lipinski definition) is 1. The summed E-state index contributed by atoms with van der Waals surface area (Å²) in [5.74, 6) is -0.671. The second-order valence-electron chi connectivity index (χ2n) is 13.2. The molecule has 3 aromatic carbocycles. The van der Waals surface area contributed by atoms with Crippen LogP contribution in [0.4, 0.5) is 5.69 Å². The topological polar surface area (TPSA) is 66.8 Å². The first-order valence-corrected chi connectivity index (χ1v) is 14.4. The van der Waals surface area contributed by atoms with Gasteiger partial charge in [-0.15, -0.1) is 0 Å². The summed E-state index contributed by atoms with van der Waals surface area (Å²) in [6.07, 6.45) is 0. The van der Waals surface area contributed by atoms with Crippen LogP contribution < -0.4 is 9.64 Å². The highest BCUT2D eigenvalue weighted by atomic mass is 16.5. The Morgan fingerprint density at radius 1 is 0.854 bits per heavy atom. The minimum Gasteiger partial charge on any atom is -0.507 e. The standard InChI is InChI=1S/C36H43NO4/c1-10-41-29-20-13-24(21-28(29)22(2)3)32(38)30-31(23-11-14-25(15-12-23)35(4,5)6)37(34(40)33(30)39)27-18-16-26(17-19-27)36(7,8)9/h11-22,31,38H,10H2,1-9H3/b32-30-. The smallest absolute Gasteiger partial charge is 0.300 e. The molecular formula is C36H43NO4. The van der Waals surface area contributed by atoms with Gasteiger partial charge in [0.15, 0.2) is 0 Å². The van der Waals surface area contributed by atoms with Crippen molar-refractivity contribution in [1.29, 1.82) is 0 Å². The minimum absolute atomic E-state index is 0.0569. The molecule has 1 saturated heterocycles. The van der Waals surface area contributed by atoms with E-state index in [0.717, 1.165) is 28.0 Å². The largest absolute Gasteiger partial charge is 0.507 e. The van der Waals surface area contributed by atoms with Crippen molar-refractivity contribution in [1.82, 2.24) is 0 Å². The molecule has 0 spiro atoms. The number of anilines is 1. The Morgan fingerprint density at radius 2 is 1.39 bits per heavy atom. The van der Waals surface area contributed by atoms with Crippen molar-refractivity contribution >= 4 is 23.1 Å². The lowest BCUT2D eigenvalue weighted by molar-refractivity contribution is -0.132. The number of hydrogen-bond acceptors (Lipinski definition) is 4. The Bertz CT molecular complexity index is 1470. The third kappa shape index (κ3) is 5.95. The maximum atomic E-state index is 13.7. The molecule has 1 amide bonds. The fourth-order valence-corrected chi connectivity index (χ4v) is 5.29. The summed E-state index contributed by atoms with van der Waals surface area (Å²) in [6.45, 7) is 19.4. The SMILES string of the molecule is CCOc1ccc(/C(O)=C2/C(=O)C(=O)N(c3ccc(C(C)(C)C)cc3)C2c2ccc(C(C)(C)C)cc2)cc1C(C)C. The predicted octanol–water partition coefficient (Wildman–Crippen LogP) is 8.43. The van der Waals surface area contributed by atoms with Crippen LogP contribution in [0.1, 0.15) is 102 Å². The molecule has 41 heavy (non-hydrogen) atoms. The number of rotatable bonds is 6. The number of Topliss-reactive ketones (excluding diaryl/α,β-unsaturated/α-hetero) is 1. The molecule has 1 N–H and O–H groups in total. The number of ether oxygens (including phenoxy) is 1. The maximum absolute atomic E-state index is 13.7. The fraction of sp³-hybridized carbons (Fsp3) is 0.389. The molecule has 1 atom stereocenters. The molecule has 1 unspecified atom stereocenters. The lowest BCUT2D eigenvalue weighted by Gasteiger charge is -2.27. The molecule has 5 heteroatoms. The van der Waals surface area contributed by atoms with E-state index in [1.807, 2.05) is 67.6 Å². The van der Waals surface area contributed by atoms with Gasteiger partial charge in [0.25, 0.3) is 11.7 Å². The van der Waals surface area contributed by atoms with Gasteiger partial charge in [-0.1, -0.05) is 91.8 Å². The van der Waals surface area contributed by atoms with E-state index in [1.165, 1.54) is 4.90 Å². The van der Waals surface area contributed by atoms with Gasteiger partial charge in [0.1, 0.15) is 11.5 Å². The van der Waals surface area contributed by atoms with Crippen molar-refractivity contribution in [2.75, 3.05) is 11.5 Å². The Labute approximate surface area is 244 Å². The normalized spacial score (nSPS) is 17.4. The number of benzene rings is 3. The third-order valence-electron chi connectivity index (χ3n) is 7.75. The molecule has 0 aliphatic carbocycles. The molecule has 0 saturated carbocycles. The zero-order chi connectivity index (χ0) is 30.3. The zero-order valence-corrected chi connectivity index (χ0v) is 25.8. The van der Waals surface area contributed by atoms with Crippen molar-refractivity contribution in [3.63, 3.8) is 0 Å². The van der Waals surface area contributed by atoms with E-state index in [0.29, 0.717) is 17.9 Å². The summed E-state index contributed by atoms with van der Waals surface area (Å²) in [7, 11) is 0. The summed E-state index contributed by atoms with van der Waals surface area (Å²) >= 11 is 0. The predicted molar refractivity (Wildman–Crippen MR) is 167 cm³/mol. The highest BCUT2D eigenvalue weighted by Crippen LogP contribution is 2.43. The van der Waals surface area contributed by atoms with Crippen LogP contribution in [0.15, 0.2) is 72.3 Å². The second-order valence-corrected chi connectivity index (χ2v) is 13.2. The Hall–Kier alpha value is -3.86. The number of ketones is 1. The number of aliphatic hydroxyl groups excluding tert-OH is 1. The molecule has 0 aromatic heterocycles. The van der Waals surface area contributed by atoms with Gasteiger partial charge >= 0.3 is 0 Å². The molecule has 1 fully saturated rings. The van der Waals surface area contributed by atoms with Crippen molar-refractivity contribution in [3.05, 3.63) is 100 Å². The van der Waals surface area contributed by atoms with Crippen molar-refractivity contribution in [2.45, 2.75) is 85.1 Å². The lowest BCUT2D eigenvalue weighted by atomic mass is 9.85. The summed E-state index contributed by atoms with van der Waals surface area (Å²) in [5, 5.41) is 11.7. The molecular weight excluding hydrogens is 510 g/mol. The van der Waals surface area contributed by atoms with Gasteiger partial charge in [0.05, 0.1) is 18.2 Å². The van der Waals surface area contributed by atoms with Gasteiger partial charge in [0.2, 0.25) is 0 Å². The lowest BCUT2D eigenvalue weighted by Crippen LogP contribution is -2.29. The van der Waals surface area contributed by atoms with Crippen LogP contribution >= 0.6 is 0 Å². The molecule has 1 heterocycles. The second kappa shape index (κ2) is 11.2. The van der Waals surface area contributed by atoms with E-state index >= 15 is 0 Å². The van der Waals surface area contributed by atoms with E-state index in [-0.39, 0.29) is 28.1 Å². The molecule has 216 valence electrons. The molecule has 1 aliphatic heterocycles. The quantitative estimate of drug-likeness (QED) is 0.189. The maximum Gasteiger partial charge on any atom is 0.300 e. The molecule has 4 rings (SSSR count). The van der Waals surface area contributed by atoms with Crippen molar-refractivity contribution < 1.29 is 19.4 Å². The van der Waals surface area contributed by atoms with Gasteiger partial charge in [-0.2, -0.15) is 0 Å². The van der Waals surface area contributed by atoms with Crippen LogP contribution in [0.3, 0.4) is 0 Å². The first kappa shape index (κ1) is 30.1. The van der Waals surface area contributed by atoms with E-state index in [2.05, 4.69) is 55.4 Å². The first-order valence-electron chi connectivity index (χ1n) is 14.4. The zero-order valence-electron chi connectivity index (χ0n) is 25.8. The van der Waals surface area contributed by atoms with Crippen molar-refractivity contribution in [3.8, 4) is 5.75 Å². The van der Waals surface area contributed by atoms with E-state index in [9.17, 15) is 14.7 Å². The Balaban J connectivity index is 1.92. The summed E-state index contributed by atoms with van der Waals surface area (Å²) < 4.78 is 5.81. The number of carbonyl (C=O) groups is 2. The van der Waals surface area contributed by atoms with Crippen LogP contribution in [0, 0.1) is 0 Å². The highest BCUT2D eigenvalue weighted by Gasteiger charge is 2.47. The minimum atomic E-state index is -0.779. The van der Waals surface area contributed by atoms with Gasteiger partial charge in [0, 0.05) is 11.3 Å². The van der Waals surface area contributed by atoms with E-state index in [1.54, 1.807) is 6.07 Å². The highest BCUT2D eigenvalue weighted by molar-refractivity contribution is 6.51. The van der Waals surface area contributed by atoms with Gasteiger partial charge in [-0.05, 0) is 76.3 Å². The Kier molecular flexibility index (Phi) is 8.22. The number of nitrogens with zero attached hydrogens (tertiary/aromatic N) is 1. The van der Waals surface area contributed by atoms with E-state index in [4.69, 9.17) is 4.74 Å². The fourth-order valence-electron chi connectivity index (χ4n) is 5.29. The number of aliphatic hydroxyl groups is 1. The van der Waals surface area contributed by atoms with Gasteiger partial charge < -0.3 is 9.84 Å². The van der Waals surface area contributed by atoms with Crippen LogP contribution in [0.2, 0.25) is 0 Å².